The molecule has 2 aliphatic heterocycles. The number of rotatable bonds is 3. The van der Waals surface area contributed by atoms with Gasteiger partial charge in [-0.25, -0.2) is 0 Å². The summed E-state index contributed by atoms with van der Waals surface area (Å²) in [5.74, 6) is 0. The lowest BCUT2D eigenvalue weighted by atomic mass is 9.34. The molecule has 0 aliphatic carbocycles. The van der Waals surface area contributed by atoms with E-state index in [2.05, 4.69) is 258 Å². The predicted molar refractivity (Wildman–Crippen MR) is 367 cm³/mol. The van der Waals surface area contributed by atoms with Crippen molar-refractivity contribution in [2.24, 2.45) is 0 Å². The van der Waals surface area contributed by atoms with E-state index in [0.717, 1.165) is 0 Å². The van der Waals surface area contributed by atoms with Gasteiger partial charge in [-0.15, -0.1) is 34.0 Å². The molecule has 0 unspecified atom stereocenters. The van der Waals surface area contributed by atoms with E-state index in [-0.39, 0.29) is 6.71 Å². The van der Waals surface area contributed by atoms with Crippen molar-refractivity contribution in [1.29, 1.82) is 0 Å². The van der Waals surface area contributed by atoms with Crippen LogP contribution in [0.25, 0.3) is 181 Å². The van der Waals surface area contributed by atoms with Crippen LogP contribution in [0, 0.1) is 0 Å². The van der Waals surface area contributed by atoms with Crippen LogP contribution in [0.15, 0.2) is 249 Å². The average Bonchev–Trinajstić information content (AvgIpc) is 1.55. The molecule has 2 nitrogen and oxygen atoms in total. The molecule has 0 N–H and O–H groups in total. The van der Waals surface area contributed by atoms with Crippen LogP contribution in [0.2, 0.25) is 0 Å². The molecule has 6 heteroatoms. The quantitative estimate of drug-likeness (QED) is 0.123. The number of thiophene rings is 3. The van der Waals surface area contributed by atoms with Crippen LogP contribution in [0.5, 0.6) is 0 Å². The second-order valence-electron chi connectivity index (χ2n) is 23.4. The topological polar surface area (TPSA) is 9.86 Å². The molecular weight excluding hydrogens is 1070 g/mol. The molecule has 0 amide bonds. The Hall–Kier alpha value is -9.82. The van der Waals surface area contributed by atoms with E-state index in [1.54, 1.807) is 0 Å². The second-order valence-corrected chi connectivity index (χ2v) is 26.6. The summed E-state index contributed by atoms with van der Waals surface area (Å²) in [5, 5.41) is 20.9. The Labute approximate surface area is 492 Å². The van der Waals surface area contributed by atoms with Gasteiger partial charge in [0.25, 0.3) is 6.71 Å². The lowest BCUT2D eigenvalue weighted by molar-refractivity contribution is 1.14. The normalized spacial score (nSPS) is 13.0. The summed E-state index contributed by atoms with van der Waals surface area (Å²) in [6.45, 7) is -0.0675. The average molecular weight is 1110 g/mol. The van der Waals surface area contributed by atoms with Gasteiger partial charge in [0.15, 0.2) is 0 Å². The third-order valence-corrected chi connectivity index (χ3v) is 22.6. The molecule has 0 spiro atoms. The van der Waals surface area contributed by atoms with Crippen LogP contribution < -0.4 is 16.4 Å². The van der Waals surface area contributed by atoms with Crippen molar-refractivity contribution in [3.8, 4) is 44.8 Å². The summed E-state index contributed by atoms with van der Waals surface area (Å²) in [6.07, 6.45) is 0. The number of fused-ring (bicyclic) bond motifs is 26. The molecule has 0 radical (unpaired) electrons. The molecule has 7 heterocycles. The van der Waals surface area contributed by atoms with Crippen LogP contribution in [0.4, 0.5) is 0 Å². The predicted octanol–water partition coefficient (Wildman–Crippen LogP) is 20.6. The zero-order chi connectivity index (χ0) is 54.2. The highest BCUT2D eigenvalue weighted by Crippen LogP contribution is 2.48. The SMILES string of the molecule is c1cc2c3c(c1)-n1c4ccc(-c5ccc6c(c5)sc5ccccc56)cc4c4c5c6ccccc6c6ccccc6c5cc(c41)B3c1cc(-c3ccc4c(c3)sc3ccccc34)cc3c4cc(-c5ccc6c(c5)sc5ccccc56)ccc4n-2c13. The van der Waals surface area contributed by atoms with Crippen molar-refractivity contribution in [2.75, 3.05) is 0 Å². The van der Waals surface area contributed by atoms with E-state index < -0.39 is 0 Å². The van der Waals surface area contributed by atoms with E-state index in [0.29, 0.717) is 0 Å². The van der Waals surface area contributed by atoms with Gasteiger partial charge in [0.1, 0.15) is 0 Å². The summed E-state index contributed by atoms with van der Waals surface area (Å²) in [7, 11) is 0. The first-order valence-corrected chi connectivity index (χ1v) is 31.4. The summed E-state index contributed by atoms with van der Waals surface area (Å²) in [4.78, 5) is 0. The first-order chi connectivity index (χ1) is 41.6. The van der Waals surface area contributed by atoms with Gasteiger partial charge < -0.3 is 9.13 Å². The number of hydrogen-bond acceptors (Lipinski definition) is 3. The van der Waals surface area contributed by atoms with Gasteiger partial charge in [-0.2, -0.15) is 0 Å². The van der Waals surface area contributed by atoms with Gasteiger partial charge in [0.05, 0.1) is 16.6 Å². The minimum Gasteiger partial charge on any atom is -0.310 e. The standard InChI is InChI=1S/C78H41BN2S3/c1-2-14-50-48(12-1)49-13-3-4-18-57(49)74-59(50)41-63-78-75(74)61-35-43(45-25-30-55-52-16-6-9-22-69(52)83-72(55)39-45)28-33-65(61)81(78)67-20-11-19-66-76(67)79(63)62-37-47(46-26-31-56-53-17-7-10-23-70(53)84-73(56)40-46)36-60-58-34-42(27-32-64(58)80(66)77(60)62)44-24-29-54-51-15-5-8-21-68(51)82-71(54)38-44/h1-41H. The summed E-state index contributed by atoms with van der Waals surface area (Å²) >= 11 is 5.68. The monoisotopic (exact) mass is 1110 g/mol. The van der Waals surface area contributed by atoms with Crippen molar-refractivity contribution in [3.05, 3.63) is 249 Å². The highest BCUT2D eigenvalue weighted by atomic mass is 32.1. The highest BCUT2D eigenvalue weighted by molar-refractivity contribution is 7.26. The van der Waals surface area contributed by atoms with Crippen molar-refractivity contribution in [1.82, 2.24) is 9.13 Å². The van der Waals surface area contributed by atoms with E-state index in [1.165, 1.54) is 198 Å². The van der Waals surface area contributed by atoms with Crippen LogP contribution >= 0.6 is 34.0 Å². The number of benzene rings is 14. The van der Waals surface area contributed by atoms with Gasteiger partial charge in [-0.05, 0) is 156 Å². The van der Waals surface area contributed by atoms with Crippen molar-refractivity contribution in [3.63, 3.8) is 0 Å². The van der Waals surface area contributed by atoms with E-state index in [9.17, 15) is 0 Å². The molecule has 0 fully saturated rings. The maximum atomic E-state index is 2.66. The molecular formula is C78H41BN2S3. The van der Waals surface area contributed by atoms with Gasteiger partial charge >= 0.3 is 0 Å². The van der Waals surface area contributed by atoms with Crippen molar-refractivity contribution in [2.45, 2.75) is 0 Å². The van der Waals surface area contributed by atoms with Crippen LogP contribution in [-0.4, -0.2) is 15.8 Å². The fraction of sp³-hybridized carbons (Fsp3) is 0. The third kappa shape index (κ3) is 5.75. The van der Waals surface area contributed by atoms with Gasteiger partial charge in [0, 0.05) is 104 Å². The molecule has 21 rings (SSSR count). The van der Waals surface area contributed by atoms with Crippen LogP contribution in [0.1, 0.15) is 0 Å². The molecule has 384 valence electrons. The first-order valence-electron chi connectivity index (χ1n) is 29.0. The Morgan fingerprint density at radius 3 is 1.21 bits per heavy atom. The summed E-state index contributed by atoms with van der Waals surface area (Å²) in [6, 6.07) is 95.7. The Kier molecular flexibility index (Phi) is 8.55. The maximum Gasteiger partial charge on any atom is 0.252 e. The third-order valence-electron chi connectivity index (χ3n) is 19.2. The number of aromatic nitrogens is 2. The van der Waals surface area contributed by atoms with Crippen molar-refractivity contribution >= 4 is 194 Å². The summed E-state index contributed by atoms with van der Waals surface area (Å²) in [5.41, 5.74) is 19.0. The molecule has 14 aromatic carbocycles. The summed E-state index contributed by atoms with van der Waals surface area (Å²) < 4.78 is 13.2. The maximum absolute atomic E-state index is 2.66. The Bertz CT molecular complexity index is 6260. The smallest absolute Gasteiger partial charge is 0.252 e. The lowest BCUT2D eigenvalue weighted by Gasteiger charge is -2.34. The Morgan fingerprint density at radius 2 is 0.643 bits per heavy atom. The van der Waals surface area contributed by atoms with Crippen LogP contribution in [-0.2, 0) is 0 Å². The second kappa shape index (κ2) is 16.0. The fourth-order valence-electron chi connectivity index (χ4n) is 15.7. The Morgan fingerprint density at radius 1 is 0.238 bits per heavy atom. The van der Waals surface area contributed by atoms with Gasteiger partial charge in [0.2, 0.25) is 0 Å². The zero-order valence-corrected chi connectivity index (χ0v) is 47.3. The fourth-order valence-corrected chi connectivity index (χ4v) is 19.1. The van der Waals surface area contributed by atoms with E-state index in [1.807, 2.05) is 34.0 Å². The molecule has 0 atom stereocenters. The van der Waals surface area contributed by atoms with Gasteiger partial charge in [-0.3, -0.25) is 0 Å². The minimum absolute atomic E-state index is 0.0675. The Balaban J connectivity index is 0.883. The molecule has 0 saturated carbocycles. The molecule has 84 heavy (non-hydrogen) atoms. The zero-order valence-electron chi connectivity index (χ0n) is 44.9. The highest BCUT2D eigenvalue weighted by Gasteiger charge is 2.42. The van der Waals surface area contributed by atoms with Crippen LogP contribution in [0.3, 0.4) is 0 Å². The van der Waals surface area contributed by atoms with E-state index in [4.69, 9.17) is 0 Å². The minimum atomic E-state index is -0.0675. The van der Waals surface area contributed by atoms with Crippen molar-refractivity contribution < 1.29 is 0 Å². The number of nitrogens with zero attached hydrogens (tertiary/aromatic N) is 2. The van der Waals surface area contributed by atoms with E-state index >= 15 is 0 Å². The first kappa shape index (κ1) is 44.8. The molecule has 19 aromatic rings. The molecule has 2 aliphatic rings. The largest absolute Gasteiger partial charge is 0.310 e. The molecule has 5 aromatic heterocycles. The lowest BCUT2D eigenvalue weighted by Crippen LogP contribution is -2.59. The molecule has 0 saturated heterocycles. The number of hydrogen-bond donors (Lipinski definition) is 0. The molecule has 0 bridgehead atoms. The van der Waals surface area contributed by atoms with Gasteiger partial charge in [-0.1, -0.05) is 170 Å².